The van der Waals surface area contributed by atoms with E-state index in [1.54, 1.807) is 23.1 Å². The van der Waals surface area contributed by atoms with Gasteiger partial charge in [0.25, 0.3) is 0 Å². The van der Waals surface area contributed by atoms with Crippen LogP contribution in [0.25, 0.3) is 0 Å². The van der Waals surface area contributed by atoms with Gasteiger partial charge in [-0.25, -0.2) is 0 Å². The minimum atomic E-state index is -0.262. The number of hydrogen-bond donors (Lipinski definition) is 2. The predicted molar refractivity (Wildman–Crippen MR) is 127 cm³/mol. The molecule has 4 rings (SSSR count). The van der Waals surface area contributed by atoms with Crippen LogP contribution in [0.2, 0.25) is 0 Å². The summed E-state index contributed by atoms with van der Waals surface area (Å²) in [6.07, 6.45) is 0.233. The van der Waals surface area contributed by atoms with Crippen molar-refractivity contribution in [1.29, 1.82) is 5.26 Å². The van der Waals surface area contributed by atoms with Crippen LogP contribution >= 0.6 is 0 Å². The Balaban J connectivity index is 1.41. The van der Waals surface area contributed by atoms with Crippen molar-refractivity contribution in [2.75, 3.05) is 22.1 Å². The number of carbonyl (C=O) groups excluding carboxylic acids is 2. The zero-order valence-corrected chi connectivity index (χ0v) is 18.2. The Morgan fingerprint density at radius 1 is 1.15 bits per heavy atom. The molecule has 1 atom stereocenters. The van der Waals surface area contributed by atoms with E-state index in [0.29, 0.717) is 29.3 Å². The van der Waals surface area contributed by atoms with Gasteiger partial charge in [0.15, 0.2) is 0 Å². The first kappa shape index (κ1) is 21.9. The lowest BCUT2D eigenvalue weighted by Crippen LogP contribution is -2.42. The molecule has 2 amide bonds. The van der Waals surface area contributed by atoms with E-state index in [-0.39, 0.29) is 30.8 Å². The van der Waals surface area contributed by atoms with Crippen LogP contribution in [0, 0.1) is 11.3 Å². The van der Waals surface area contributed by atoms with Crippen LogP contribution in [-0.2, 0) is 16.2 Å². The van der Waals surface area contributed by atoms with Crippen LogP contribution in [-0.4, -0.2) is 24.4 Å². The van der Waals surface area contributed by atoms with E-state index in [1.807, 2.05) is 61.5 Å². The van der Waals surface area contributed by atoms with Gasteiger partial charge in [-0.2, -0.15) is 5.26 Å². The van der Waals surface area contributed by atoms with E-state index >= 15 is 0 Å². The SMILES string of the molecule is CC1CC(=O)Nc2ccccc2N1C(=O)CNc1cccc(OCc2cccc(C#N)c2)c1. The molecule has 1 unspecified atom stereocenters. The van der Waals surface area contributed by atoms with E-state index < -0.39 is 0 Å². The minimum absolute atomic E-state index is 0.0700. The number of rotatable bonds is 6. The summed E-state index contributed by atoms with van der Waals surface area (Å²) in [4.78, 5) is 26.9. The number of nitriles is 1. The van der Waals surface area contributed by atoms with Crippen molar-refractivity contribution in [2.45, 2.75) is 26.0 Å². The average molecular weight is 441 g/mol. The van der Waals surface area contributed by atoms with Gasteiger partial charge >= 0.3 is 0 Å². The molecule has 1 heterocycles. The van der Waals surface area contributed by atoms with Gasteiger partial charge < -0.3 is 20.3 Å². The molecule has 1 aliphatic rings. The number of nitrogens with one attached hydrogen (secondary N) is 2. The normalized spacial score (nSPS) is 15.0. The molecule has 7 heteroatoms. The summed E-state index contributed by atoms with van der Waals surface area (Å²) in [6.45, 7) is 2.27. The highest BCUT2D eigenvalue weighted by atomic mass is 16.5. The van der Waals surface area contributed by atoms with E-state index in [1.165, 1.54) is 0 Å². The van der Waals surface area contributed by atoms with Crippen molar-refractivity contribution in [1.82, 2.24) is 0 Å². The quantitative estimate of drug-likeness (QED) is 0.596. The van der Waals surface area contributed by atoms with Gasteiger partial charge in [0.05, 0.1) is 29.6 Å². The Labute approximate surface area is 192 Å². The molecule has 2 N–H and O–H groups in total. The maximum Gasteiger partial charge on any atom is 0.246 e. The lowest BCUT2D eigenvalue weighted by atomic mass is 10.1. The summed E-state index contributed by atoms with van der Waals surface area (Å²) in [7, 11) is 0. The van der Waals surface area contributed by atoms with Crippen LogP contribution in [0.1, 0.15) is 24.5 Å². The van der Waals surface area contributed by atoms with Crippen molar-refractivity contribution in [3.05, 3.63) is 83.9 Å². The smallest absolute Gasteiger partial charge is 0.246 e. The standard InChI is InChI=1S/C26H24N4O3/c1-18-12-25(31)29-23-10-2-3-11-24(23)30(18)26(32)16-28-21-8-5-9-22(14-21)33-17-20-7-4-6-19(13-20)15-27/h2-11,13-14,18,28H,12,16-17H2,1H3,(H,29,31). The van der Waals surface area contributed by atoms with Crippen LogP contribution in [0.4, 0.5) is 17.1 Å². The Morgan fingerprint density at radius 3 is 2.82 bits per heavy atom. The molecule has 0 saturated carbocycles. The Hall–Kier alpha value is -4.31. The van der Waals surface area contributed by atoms with Gasteiger partial charge in [-0.1, -0.05) is 30.3 Å². The summed E-state index contributed by atoms with van der Waals surface area (Å²) in [6, 6.07) is 23.8. The molecule has 0 saturated heterocycles. The van der Waals surface area contributed by atoms with Gasteiger partial charge in [-0.3, -0.25) is 9.59 Å². The number of benzene rings is 3. The fourth-order valence-electron chi connectivity index (χ4n) is 3.82. The van der Waals surface area contributed by atoms with Gasteiger partial charge in [0, 0.05) is 24.2 Å². The number of ether oxygens (including phenoxy) is 1. The van der Waals surface area contributed by atoms with Gasteiger partial charge in [0.2, 0.25) is 11.8 Å². The second kappa shape index (κ2) is 9.88. The van der Waals surface area contributed by atoms with Crippen molar-refractivity contribution < 1.29 is 14.3 Å². The summed E-state index contributed by atoms with van der Waals surface area (Å²) >= 11 is 0. The Bertz CT molecular complexity index is 1220. The minimum Gasteiger partial charge on any atom is -0.489 e. The maximum absolute atomic E-state index is 13.1. The lowest BCUT2D eigenvalue weighted by Gasteiger charge is -2.28. The van der Waals surface area contributed by atoms with E-state index in [0.717, 1.165) is 11.3 Å². The van der Waals surface area contributed by atoms with Crippen molar-refractivity contribution in [3.63, 3.8) is 0 Å². The molecular weight excluding hydrogens is 416 g/mol. The molecule has 0 fully saturated rings. The maximum atomic E-state index is 13.1. The fourth-order valence-corrected chi connectivity index (χ4v) is 3.82. The predicted octanol–water partition coefficient (Wildman–Crippen LogP) is 4.31. The highest BCUT2D eigenvalue weighted by molar-refractivity contribution is 6.05. The second-order valence-corrected chi connectivity index (χ2v) is 7.86. The first-order chi connectivity index (χ1) is 16.0. The van der Waals surface area contributed by atoms with E-state index in [9.17, 15) is 9.59 Å². The summed E-state index contributed by atoms with van der Waals surface area (Å²) in [5.41, 5.74) is 3.57. The topological polar surface area (TPSA) is 94.5 Å². The largest absolute Gasteiger partial charge is 0.489 e. The van der Waals surface area contributed by atoms with E-state index in [2.05, 4.69) is 16.7 Å². The summed E-state index contributed by atoms with van der Waals surface area (Å²) in [5.74, 6) is 0.410. The molecule has 3 aromatic rings. The number of para-hydroxylation sites is 2. The van der Waals surface area contributed by atoms with E-state index in [4.69, 9.17) is 10.00 Å². The summed E-state index contributed by atoms with van der Waals surface area (Å²) in [5, 5.41) is 15.1. The number of fused-ring (bicyclic) bond motifs is 1. The molecule has 3 aromatic carbocycles. The first-order valence-electron chi connectivity index (χ1n) is 10.7. The van der Waals surface area contributed by atoms with Crippen molar-refractivity contribution in [2.24, 2.45) is 0 Å². The molecule has 0 bridgehead atoms. The summed E-state index contributed by atoms with van der Waals surface area (Å²) < 4.78 is 5.86. The Kier molecular flexibility index (Phi) is 6.56. The van der Waals surface area contributed by atoms with Crippen LogP contribution in [0.15, 0.2) is 72.8 Å². The lowest BCUT2D eigenvalue weighted by molar-refractivity contribution is -0.118. The van der Waals surface area contributed by atoms with Gasteiger partial charge in [0.1, 0.15) is 12.4 Å². The van der Waals surface area contributed by atoms with Crippen LogP contribution in [0.3, 0.4) is 0 Å². The second-order valence-electron chi connectivity index (χ2n) is 7.86. The highest BCUT2D eigenvalue weighted by Gasteiger charge is 2.29. The zero-order valence-electron chi connectivity index (χ0n) is 18.2. The number of hydrogen-bond acceptors (Lipinski definition) is 5. The Morgan fingerprint density at radius 2 is 1.97 bits per heavy atom. The molecule has 33 heavy (non-hydrogen) atoms. The number of nitrogens with zero attached hydrogens (tertiary/aromatic N) is 2. The van der Waals surface area contributed by atoms with Gasteiger partial charge in [-0.05, 0) is 48.9 Å². The number of amides is 2. The fraction of sp³-hybridized carbons (Fsp3) is 0.192. The molecule has 0 aromatic heterocycles. The number of anilines is 3. The molecule has 7 nitrogen and oxygen atoms in total. The average Bonchev–Trinajstić information content (AvgIpc) is 2.95. The molecule has 0 aliphatic carbocycles. The third-order valence-electron chi connectivity index (χ3n) is 5.37. The van der Waals surface area contributed by atoms with Crippen LogP contribution in [0.5, 0.6) is 5.75 Å². The molecule has 0 radical (unpaired) electrons. The van der Waals surface area contributed by atoms with Gasteiger partial charge in [-0.15, -0.1) is 0 Å². The highest BCUT2D eigenvalue weighted by Crippen LogP contribution is 2.31. The monoisotopic (exact) mass is 440 g/mol. The van der Waals surface area contributed by atoms with Crippen molar-refractivity contribution in [3.8, 4) is 11.8 Å². The van der Waals surface area contributed by atoms with Crippen molar-refractivity contribution >= 4 is 28.9 Å². The third kappa shape index (κ3) is 5.31. The first-order valence-corrected chi connectivity index (χ1v) is 10.7. The zero-order chi connectivity index (χ0) is 23.2. The molecule has 1 aliphatic heterocycles. The molecule has 166 valence electrons. The molecule has 0 spiro atoms. The number of carbonyl (C=O) groups is 2. The molecular formula is C26H24N4O3. The third-order valence-corrected chi connectivity index (χ3v) is 5.37. The van der Waals surface area contributed by atoms with Crippen LogP contribution < -0.4 is 20.3 Å².